The molecule has 3 rings (SSSR count). The molecule has 0 aromatic heterocycles. The first kappa shape index (κ1) is 16.9. The van der Waals surface area contributed by atoms with Crippen molar-refractivity contribution in [2.45, 2.75) is 19.8 Å². The monoisotopic (exact) mass is 343 g/mol. The number of nitro groups is 1. The molecule has 0 radical (unpaired) electrons. The van der Waals surface area contributed by atoms with Gasteiger partial charge in [-0.05, 0) is 50.1 Å². The van der Waals surface area contributed by atoms with Crippen LogP contribution < -0.4 is 10.2 Å². The molecule has 0 amide bonds. The predicted molar refractivity (Wildman–Crippen MR) is 94.2 cm³/mol. The molecule has 1 saturated heterocycles. The minimum absolute atomic E-state index is 0.216. The highest BCUT2D eigenvalue weighted by molar-refractivity contribution is 5.95. The highest BCUT2D eigenvalue weighted by atomic mass is 19.1. The number of rotatable bonds is 5. The Morgan fingerprint density at radius 1 is 1.20 bits per heavy atom. The number of anilines is 3. The Labute approximate surface area is 144 Å². The summed E-state index contributed by atoms with van der Waals surface area (Å²) in [6.07, 6.45) is 2.13. The summed E-state index contributed by atoms with van der Waals surface area (Å²) in [6.45, 7) is 3.09. The highest BCUT2D eigenvalue weighted by Gasteiger charge is 2.18. The minimum Gasteiger partial charge on any atom is -0.371 e. The summed E-state index contributed by atoms with van der Waals surface area (Å²) < 4.78 is 14.0. The van der Waals surface area contributed by atoms with Gasteiger partial charge in [0.2, 0.25) is 0 Å². The molecule has 25 heavy (non-hydrogen) atoms. The van der Waals surface area contributed by atoms with Crippen LogP contribution in [0.5, 0.6) is 0 Å². The number of nitrogens with one attached hydrogen (secondary N) is 1. The van der Waals surface area contributed by atoms with Gasteiger partial charge < -0.3 is 10.2 Å². The molecular formula is C18H18FN3O3. The summed E-state index contributed by atoms with van der Waals surface area (Å²) >= 11 is 0. The summed E-state index contributed by atoms with van der Waals surface area (Å²) in [7, 11) is 0. The molecule has 1 fully saturated rings. The third kappa shape index (κ3) is 3.76. The van der Waals surface area contributed by atoms with Gasteiger partial charge >= 0.3 is 0 Å². The number of hydrogen-bond acceptors (Lipinski definition) is 5. The van der Waals surface area contributed by atoms with Crippen LogP contribution in [0.25, 0.3) is 0 Å². The van der Waals surface area contributed by atoms with Crippen molar-refractivity contribution in [3.63, 3.8) is 0 Å². The molecule has 1 heterocycles. The molecule has 2 aromatic rings. The van der Waals surface area contributed by atoms with E-state index in [1.54, 1.807) is 6.07 Å². The van der Waals surface area contributed by atoms with E-state index in [1.165, 1.54) is 37.3 Å². The number of carbonyl (C=O) groups is 1. The molecule has 1 N–H and O–H groups in total. The van der Waals surface area contributed by atoms with Crippen molar-refractivity contribution < 1.29 is 14.1 Å². The van der Waals surface area contributed by atoms with Crippen LogP contribution >= 0.6 is 0 Å². The Kier molecular flexibility index (Phi) is 4.65. The summed E-state index contributed by atoms with van der Waals surface area (Å²) in [5, 5.41) is 14.2. The van der Waals surface area contributed by atoms with E-state index in [9.17, 15) is 19.3 Å². The van der Waals surface area contributed by atoms with Gasteiger partial charge in [-0.25, -0.2) is 4.39 Å². The maximum atomic E-state index is 14.0. The highest BCUT2D eigenvalue weighted by Crippen LogP contribution is 2.31. The third-order valence-corrected chi connectivity index (χ3v) is 4.23. The standard InChI is InChI=1S/C18H18FN3O3/c1-12(23)13-4-5-17(18(8-13)22(24)25)20-15-9-14(19)10-16(11-15)21-6-2-3-7-21/h4-5,8-11,20H,2-3,6-7H2,1H3. The van der Waals surface area contributed by atoms with Crippen molar-refractivity contribution in [3.05, 3.63) is 57.9 Å². The van der Waals surface area contributed by atoms with Gasteiger partial charge in [0.1, 0.15) is 11.5 Å². The Morgan fingerprint density at radius 2 is 1.92 bits per heavy atom. The molecule has 0 saturated carbocycles. The van der Waals surface area contributed by atoms with Crippen molar-refractivity contribution in [1.29, 1.82) is 0 Å². The number of nitro benzene ring substituents is 1. The second-order valence-corrected chi connectivity index (χ2v) is 6.06. The zero-order valence-electron chi connectivity index (χ0n) is 13.8. The van der Waals surface area contributed by atoms with Gasteiger partial charge in [0, 0.05) is 36.1 Å². The van der Waals surface area contributed by atoms with Crippen molar-refractivity contribution in [2.75, 3.05) is 23.3 Å². The fourth-order valence-corrected chi connectivity index (χ4v) is 2.97. The quantitative estimate of drug-likeness (QED) is 0.498. The Morgan fingerprint density at radius 3 is 2.56 bits per heavy atom. The number of benzene rings is 2. The lowest BCUT2D eigenvalue weighted by atomic mass is 10.1. The van der Waals surface area contributed by atoms with E-state index in [-0.39, 0.29) is 22.7 Å². The first-order valence-electron chi connectivity index (χ1n) is 8.06. The van der Waals surface area contributed by atoms with Crippen molar-refractivity contribution in [2.24, 2.45) is 0 Å². The van der Waals surface area contributed by atoms with Gasteiger partial charge in [0.05, 0.1) is 4.92 Å². The van der Waals surface area contributed by atoms with E-state index in [4.69, 9.17) is 0 Å². The molecule has 6 nitrogen and oxygen atoms in total. The number of hydrogen-bond donors (Lipinski definition) is 1. The largest absolute Gasteiger partial charge is 0.371 e. The molecule has 1 aliphatic heterocycles. The predicted octanol–water partition coefficient (Wildman–Crippen LogP) is 4.28. The minimum atomic E-state index is -0.560. The zero-order valence-corrected chi connectivity index (χ0v) is 13.8. The van der Waals surface area contributed by atoms with Gasteiger partial charge in [-0.15, -0.1) is 0 Å². The summed E-state index contributed by atoms with van der Waals surface area (Å²) in [5.41, 5.74) is 1.44. The van der Waals surface area contributed by atoms with E-state index >= 15 is 0 Å². The van der Waals surface area contributed by atoms with Crippen molar-refractivity contribution >= 4 is 28.5 Å². The van der Waals surface area contributed by atoms with E-state index in [2.05, 4.69) is 10.2 Å². The average Bonchev–Trinajstić information content (AvgIpc) is 3.08. The molecular weight excluding hydrogens is 325 g/mol. The molecule has 130 valence electrons. The molecule has 0 spiro atoms. The van der Waals surface area contributed by atoms with Crippen LogP contribution in [-0.4, -0.2) is 23.8 Å². The fourth-order valence-electron chi connectivity index (χ4n) is 2.97. The smallest absolute Gasteiger partial charge is 0.293 e. The molecule has 1 aliphatic rings. The zero-order chi connectivity index (χ0) is 18.0. The molecule has 0 bridgehead atoms. The van der Waals surface area contributed by atoms with Crippen LogP contribution in [0.15, 0.2) is 36.4 Å². The normalized spacial score (nSPS) is 13.8. The second-order valence-electron chi connectivity index (χ2n) is 6.06. The van der Waals surface area contributed by atoms with E-state index in [0.29, 0.717) is 5.69 Å². The van der Waals surface area contributed by atoms with Crippen molar-refractivity contribution in [1.82, 2.24) is 0 Å². The van der Waals surface area contributed by atoms with Gasteiger partial charge in [-0.2, -0.15) is 0 Å². The van der Waals surface area contributed by atoms with Crippen LogP contribution in [0.3, 0.4) is 0 Å². The van der Waals surface area contributed by atoms with Crippen LogP contribution in [0, 0.1) is 15.9 Å². The lowest BCUT2D eigenvalue weighted by Crippen LogP contribution is -2.17. The van der Waals surface area contributed by atoms with Crippen LogP contribution in [0.4, 0.5) is 27.1 Å². The lowest BCUT2D eigenvalue weighted by molar-refractivity contribution is -0.383. The maximum Gasteiger partial charge on any atom is 0.293 e. The van der Waals surface area contributed by atoms with Gasteiger partial charge in [0.15, 0.2) is 5.78 Å². The second kappa shape index (κ2) is 6.88. The van der Waals surface area contributed by atoms with E-state index < -0.39 is 10.7 Å². The number of ketones is 1. The summed E-state index contributed by atoms with van der Waals surface area (Å²) in [6, 6.07) is 8.74. The molecule has 7 heteroatoms. The number of carbonyl (C=O) groups excluding carboxylic acids is 1. The molecule has 2 aromatic carbocycles. The van der Waals surface area contributed by atoms with Gasteiger partial charge in [-0.1, -0.05) is 0 Å². The van der Waals surface area contributed by atoms with Crippen LogP contribution in [-0.2, 0) is 0 Å². The SMILES string of the molecule is CC(=O)c1ccc(Nc2cc(F)cc(N3CCCC3)c2)c([N+](=O)[O-])c1. The first-order chi connectivity index (χ1) is 11.9. The number of halogens is 1. The average molecular weight is 343 g/mol. The topological polar surface area (TPSA) is 75.5 Å². The summed E-state index contributed by atoms with van der Waals surface area (Å²) in [5.74, 6) is -0.661. The lowest BCUT2D eigenvalue weighted by Gasteiger charge is -2.19. The number of Topliss-reactive ketones (excluding diaryl/α,β-unsaturated/α-hetero) is 1. The number of nitrogens with zero attached hydrogens (tertiary/aromatic N) is 2. The van der Waals surface area contributed by atoms with E-state index in [0.717, 1.165) is 31.6 Å². The van der Waals surface area contributed by atoms with Crippen LogP contribution in [0.2, 0.25) is 0 Å². The maximum absolute atomic E-state index is 14.0. The third-order valence-electron chi connectivity index (χ3n) is 4.23. The summed E-state index contributed by atoms with van der Waals surface area (Å²) in [4.78, 5) is 24.3. The fraction of sp³-hybridized carbons (Fsp3) is 0.278. The Balaban J connectivity index is 1.94. The molecule has 0 aliphatic carbocycles. The molecule has 0 atom stereocenters. The van der Waals surface area contributed by atoms with Gasteiger partial charge in [0.25, 0.3) is 5.69 Å². The Bertz CT molecular complexity index is 832. The Hall–Kier alpha value is -2.96. The molecule has 0 unspecified atom stereocenters. The van der Waals surface area contributed by atoms with Crippen molar-refractivity contribution in [3.8, 4) is 0 Å². The van der Waals surface area contributed by atoms with E-state index in [1.807, 2.05) is 0 Å². The van der Waals surface area contributed by atoms with Gasteiger partial charge in [-0.3, -0.25) is 14.9 Å². The first-order valence-corrected chi connectivity index (χ1v) is 8.06. The van der Waals surface area contributed by atoms with Crippen LogP contribution in [0.1, 0.15) is 30.1 Å².